The first-order chi connectivity index (χ1) is 13.3. The summed E-state index contributed by atoms with van der Waals surface area (Å²) in [5, 5.41) is 39.3. The maximum atomic E-state index is 10.3. The van der Waals surface area contributed by atoms with Gasteiger partial charge in [-0.2, -0.15) is 15.8 Å². The van der Waals surface area contributed by atoms with Crippen LogP contribution in [-0.4, -0.2) is 11.7 Å². The van der Waals surface area contributed by atoms with Crippen LogP contribution >= 0.6 is 0 Å². The number of aryl methyl sites for hydroxylation is 2. The fraction of sp³-hybridized carbons (Fsp3) is 0.545. The van der Waals surface area contributed by atoms with E-state index in [-0.39, 0.29) is 5.90 Å². The number of fused-ring (bicyclic) bond motifs is 2. The molecule has 1 aromatic rings. The highest BCUT2D eigenvalue weighted by Crippen LogP contribution is 2.68. The number of nitrogens with zero attached hydrogens (tertiary/aromatic N) is 3. The molecule has 2 aliphatic heterocycles. The number of nitrogens with one attached hydrogen (secondary N) is 1. The van der Waals surface area contributed by atoms with Crippen LogP contribution in [0.25, 0.3) is 0 Å². The van der Waals surface area contributed by atoms with E-state index in [1.54, 1.807) is 0 Å². The quantitative estimate of drug-likeness (QED) is 0.834. The van der Waals surface area contributed by atoms with E-state index in [9.17, 15) is 15.8 Å². The summed E-state index contributed by atoms with van der Waals surface area (Å²) in [5.74, 6) is -2.08. The molecule has 0 amide bonds. The minimum absolute atomic E-state index is 0.328. The van der Waals surface area contributed by atoms with Crippen LogP contribution in [0.1, 0.15) is 55.9 Å². The van der Waals surface area contributed by atoms with Gasteiger partial charge in [-0.1, -0.05) is 37.6 Å². The molecule has 28 heavy (non-hydrogen) atoms. The summed E-state index contributed by atoms with van der Waals surface area (Å²) in [4.78, 5) is 0. The van der Waals surface area contributed by atoms with Crippen molar-refractivity contribution in [2.75, 3.05) is 0 Å². The first-order valence-corrected chi connectivity index (χ1v) is 9.59. The van der Waals surface area contributed by atoms with Gasteiger partial charge in [-0.25, -0.2) is 0 Å². The van der Waals surface area contributed by atoms with E-state index >= 15 is 0 Å². The summed E-state index contributed by atoms with van der Waals surface area (Å²) < 4.78 is 12.4. The number of rotatable bonds is 4. The van der Waals surface area contributed by atoms with Gasteiger partial charge < -0.3 is 9.47 Å². The topological polar surface area (TPSA) is 114 Å². The average molecular weight is 376 g/mol. The molecule has 0 saturated carbocycles. The zero-order valence-electron chi connectivity index (χ0n) is 16.7. The van der Waals surface area contributed by atoms with Crippen molar-refractivity contribution in [2.45, 2.75) is 58.8 Å². The minimum Gasteiger partial charge on any atom is -0.447 e. The SMILES string of the molecule is CCCC12OC(=N)C(C#N)(C1CC)C(C#N)(C#N)C(c1ccc(C)cc1C)O2. The van der Waals surface area contributed by atoms with Crippen molar-refractivity contribution in [3.8, 4) is 18.2 Å². The molecule has 2 aliphatic rings. The normalized spacial score (nSPS) is 32.7. The lowest BCUT2D eigenvalue weighted by Crippen LogP contribution is -2.59. The molecule has 3 rings (SSSR count). The summed E-state index contributed by atoms with van der Waals surface area (Å²) in [7, 11) is 0. The highest BCUT2D eigenvalue weighted by atomic mass is 16.7. The van der Waals surface area contributed by atoms with Crippen molar-refractivity contribution in [1.82, 2.24) is 0 Å². The van der Waals surface area contributed by atoms with Crippen molar-refractivity contribution in [1.29, 1.82) is 21.2 Å². The summed E-state index contributed by atoms with van der Waals surface area (Å²) in [6.45, 7) is 7.72. The van der Waals surface area contributed by atoms with Gasteiger partial charge in [0.25, 0.3) is 0 Å². The Morgan fingerprint density at radius 1 is 1.11 bits per heavy atom. The highest BCUT2D eigenvalue weighted by molar-refractivity contribution is 5.89. The van der Waals surface area contributed by atoms with E-state index in [0.29, 0.717) is 18.4 Å². The molecule has 6 nitrogen and oxygen atoms in total. The van der Waals surface area contributed by atoms with Gasteiger partial charge in [0.1, 0.15) is 6.10 Å². The summed E-state index contributed by atoms with van der Waals surface area (Å²) in [6, 6.07) is 12.1. The molecule has 2 heterocycles. The number of nitriles is 3. The first-order valence-electron chi connectivity index (χ1n) is 9.59. The Kier molecular flexibility index (Phi) is 4.70. The third-order valence-corrected chi connectivity index (χ3v) is 6.26. The number of hydrogen-bond acceptors (Lipinski definition) is 6. The largest absolute Gasteiger partial charge is 0.447 e. The van der Waals surface area contributed by atoms with E-state index in [1.165, 1.54) is 0 Å². The molecule has 0 aliphatic carbocycles. The van der Waals surface area contributed by atoms with Gasteiger partial charge in [0.05, 0.1) is 24.1 Å². The Morgan fingerprint density at radius 2 is 1.79 bits per heavy atom. The molecule has 0 aromatic heterocycles. The smallest absolute Gasteiger partial charge is 0.217 e. The van der Waals surface area contributed by atoms with Crippen LogP contribution < -0.4 is 0 Å². The Morgan fingerprint density at radius 3 is 2.29 bits per heavy atom. The average Bonchev–Trinajstić information content (AvgIpc) is 2.86. The van der Waals surface area contributed by atoms with E-state index < -0.39 is 28.6 Å². The predicted octanol–water partition coefficient (Wildman–Crippen LogP) is 4.45. The molecule has 144 valence electrons. The van der Waals surface area contributed by atoms with Gasteiger partial charge in [-0.3, -0.25) is 5.41 Å². The monoisotopic (exact) mass is 376 g/mol. The maximum Gasteiger partial charge on any atom is 0.217 e. The van der Waals surface area contributed by atoms with E-state index in [1.807, 2.05) is 45.9 Å². The van der Waals surface area contributed by atoms with Gasteiger partial charge in [0, 0.05) is 6.42 Å². The van der Waals surface area contributed by atoms with Crippen molar-refractivity contribution in [3.63, 3.8) is 0 Å². The zero-order valence-corrected chi connectivity index (χ0v) is 16.7. The van der Waals surface area contributed by atoms with Crippen molar-refractivity contribution < 1.29 is 9.47 Å². The Balaban J connectivity index is 2.37. The molecule has 4 unspecified atom stereocenters. The van der Waals surface area contributed by atoms with E-state index in [2.05, 4.69) is 18.2 Å². The molecule has 6 heteroatoms. The van der Waals surface area contributed by atoms with Crippen LogP contribution in [0.5, 0.6) is 0 Å². The molecule has 1 N–H and O–H groups in total. The molecule has 2 bridgehead atoms. The van der Waals surface area contributed by atoms with Gasteiger partial charge >= 0.3 is 0 Å². The summed E-state index contributed by atoms with van der Waals surface area (Å²) in [5.41, 5.74) is -0.955. The summed E-state index contributed by atoms with van der Waals surface area (Å²) in [6.07, 6.45) is 0.670. The van der Waals surface area contributed by atoms with Crippen LogP contribution in [0.4, 0.5) is 0 Å². The molecule has 2 fully saturated rings. The lowest BCUT2D eigenvalue weighted by atomic mass is 9.52. The second kappa shape index (κ2) is 6.62. The Hall–Kier alpha value is -2.88. The Labute approximate surface area is 165 Å². The van der Waals surface area contributed by atoms with E-state index in [4.69, 9.17) is 14.9 Å². The van der Waals surface area contributed by atoms with Crippen molar-refractivity contribution in [3.05, 3.63) is 34.9 Å². The number of ether oxygens (including phenoxy) is 2. The standard InChI is InChI=1S/C22H24N4O2/c1-5-9-22-17(6-2)21(13-25,19(26)28-22)20(11-23,12-24)18(27-22)16-8-7-14(3)10-15(16)4/h7-8,10,17-18,26H,5-6,9H2,1-4H3. The van der Waals surface area contributed by atoms with Crippen LogP contribution in [0.15, 0.2) is 18.2 Å². The van der Waals surface area contributed by atoms with Crippen molar-refractivity contribution >= 4 is 5.90 Å². The number of benzene rings is 1. The Bertz CT molecular complexity index is 937. The van der Waals surface area contributed by atoms with Crippen LogP contribution in [-0.2, 0) is 9.47 Å². The molecular weight excluding hydrogens is 352 g/mol. The molecule has 0 spiro atoms. The van der Waals surface area contributed by atoms with Crippen LogP contribution in [0, 0.1) is 70.0 Å². The van der Waals surface area contributed by atoms with E-state index in [0.717, 1.165) is 17.5 Å². The maximum absolute atomic E-state index is 10.3. The predicted molar refractivity (Wildman–Crippen MR) is 102 cm³/mol. The first kappa shape index (κ1) is 19.9. The fourth-order valence-corrected chi connectivity index (χ4v) is 5.07. The molecular formula is C22H24N4O2. The lowest BCUT2D eigenvalue weighted by molar-refractivity contribution is -0.286. The molecule has 1 aromatic carbocycles. The van der Waals surface area contributed by atoms with Crippen LogP contribution in [0.2, 0.25) is 0 Å². The minimum atomic E-state index is -1.88. The third-order valence-electron chi connectivity index (χ3n) is 6.26. The molecule has 4 atom stereocenters. The third kappa shape index (κ3) is 2.17. The van der Waals surface area contributed by atoms with Crippen molar-refractivity contribution in [2.24, 2.45) is 16.7 Å². The highest BCUT2D eigenvalue weighted by Gasteiger charge is 2.79. The van der Waals surface area contributed by atoms with Crippen LogP contribution in [0.3, 0.4) is 0 Å². The molecule has 0 radical (unpaired) electrons. The number of hydrogen-bond donors (Lipinski definition) is 1. The summed E-state index contributed by atoms with van der Waals surface area (Å²) >= 11 is 0. The second-order valence-corrected chi connectivity index (χ2v) is 7.76. The van der Waals surface area contributed by atoms with Gasteiger partial charge in [0.15, 0.2) is 5.41 Å². The second-order valence-electron chi connectivity index (χ2n) is 7.76. The van der Waals surface area contributed by atoms with Gasteiger partial charge in [0.2, 0.25) is 17.1 Å². The zero-order chi connectivity index (χ0) is 20.7. The molecule has 2 saturated heterocycles. The fourth-order valence-electron chi connectivity index (χ4n) is 5.07. The van der Waals surface area contributed by atoms with Gasteiger partial charge in [-0.05, 0) is 37.8 Å². The lowest BCUT2D eigenvalue weighted by Gasteiger charge is -2.50. The van der Waals surface area contributed by atoms with Gasteiger partial charge in [-0.15, -0.1) is 0 Å².